The van der Waals surface area contributed by atoms with E-state index >= 15 is 0 Å². The summed E-state index contributed by atoms with van der Waals surface area (Å²) in [6, 6.07) is 3.61. The van der Waals surface area contributed by atoms with E-state index in [-0.39, 0.29) is 5.91 Å². The van der Waals surface area contributed by atoms with Crippen molar-refractivity contribution in [2.45, 2.75) is 6.42 Å². The number of pyridine rings is 1. The molecule has 1 saturated heterocycles. The predicted molar refractivity (Wildman–Crippen MR) is 76.3 cm³/mol. The van der Waals surface area contributed by atoms with Gasteiger partial charge in [-0.1, -0.05) is 0 Å². The summed E-state index contributed by atoms with van der Waals surface area (Å²) < 4.78 is 0. The zero-order valence-electron chi connectivity index (χ0n) is 11.9. The van der Waals surface area contributed by atoms with Crippen molar-refractivity contribution < 1.29 is 4.79 Å². The van der Waals surface area contributed by atoms with Crippen LogP contribution in [0, 0.1) is 5.92 Å². The average Bonchev–Trinajstić information content (AvgIpc) is 2.83. The van der Waals surface area contributed by atoms with E-state index in [2.05, 4.69) is 22.2 Å². The Morgan fingerprint density at radius 1 is 1.63 bits per heavy atom. The van der Waals surface area contributed by atoms with E-state index < -0.39 is 0 Å². The molecule has 104 valence electrons. The minimum atomic E-state index is 0.0343. The van der Waals surface area contributed by atoms with Gasteiger partial charge < -0.3 is 15.1 Å². The summed E-state index contributed by atoms with van der Waals surface area (Å²) in [5, 5.41) is 2.97. The fourth-order valence-corrected chi connectivity index (χ4v) is 2.63. The minimum Gasteiger partial charge on any atom is -0.372 e. The van der Waals surface area contributed by atoms with Crippen LogP contribution in [0.1, 0.15) is 16.8 Å². The highest BCUT2D eigenvalue weighted by Crippen LogP contribution is 2.18. The minimum absolute atomic E-state index is 0.0343. The van der Waals surface area contributed by atoms with Gasteiger partial charge in [0.1, 0.15) is 5.82 Å². The second-order valence-corrected chi connectivity index (χ2v) is 5.25. The molecule has 0 saturated carbocycles. The van der Waals surface area contributed by atoms with Crippen molar-refractivity contribution in [2.24, 2.45) is 5.92 Å². The Balaban J connectivity index is 2.02. The number of likely N-dealkylation sites (tertiary alicyclic amines) is 1. The van der Waals surface area contributed by atoms with Gasteiger partial charge in [0, 0.05) is 33.4 Å². The van der Waals surface area contributed by atoms with Gasteiger partial charge >= 0.3 is 0 Å². The number of nitrogens with one attached hydrogen (secondary N) is 1. The molecule has 2 rings (SSSR count). The van der Waals surface area contributed by atoms with Gasteiger partial charge in [-0.25, -0.2) is 4.98 Å². The highest BCUT2D eigenvalue weighted by atomic mass is 16.2. The lowest BCUT2D eigenvalue weighted by Gasteiger charge is -2.22. The summed E-state index contributed by atoms with van der Waals surface area (Å²) in [5.41, 5.74) is 0.638. The molecule has 2 heterocycles. The molecule has 0 spiro atoms. The first-order valence-corrected chi connectivity index (χ1v) is 6.68. The lowest BCUT2D eigenvalue weighted by Crippen LogP contribution is -2.33. The third kappa shape index (κ3) is 3.23. The SMILES string of the molecule is CNc1ncccc1C(=O)N(C)CC1CCN(C)C1. The van der Waals surface area contributed by atoms with Crippen LogP contribution in [0.4, 0.5) is 5.82 Å². The molecule has 0 radical (unpaired) electrons. The summed E-state index contributed by atoms with van der Waals surface area (Å²) in [6.07, 6.45) is 2.86. The van der Waals surface area contributed by atoms with E-state index in [0.717, 1.165) is 19.6 Å². The number of rotatable bonds is 4. The van der Waals surface area contributed by atoms with Crippen molar-refractivity contribution in [2.75, 3.05) is 46.1 Å². The fraction of sp³-hybridized carbons (Fsp3) is 0.571. The van der Waals surface area contributed by atoms with Crippen molar-refractivity contribution in [3.63, 3.8) is 0 Å². The molecule has 0 bridgehead atoms. The molecule has 1 aliphatic rings. The number of amides is 1. The number of aromatic nitrogens is 1. The van der Waals surface area contributed by atoms with Crippen molar-refractivity contribution in [1.29, 1.82) is 0 Å². The Labute approximate surface area is 114 Å². The molecule has 1 fully saturated rings. The molecule has 19 heavy (non-hydrogen) atoms. The highest BCUT2D eigenvalue weighted by molar-refractivity contribution is 5.98. The average molecular weight is 262 g/mol. The molecule has 1 aromatic rings. The van der Waals surface area contributed by atoms with Crippen LogP contribution in [0.2, 0.25) is 0 Å². The lowest BCUT2D eigenvalue weighted by atomic mass is 10.1. The Morgan fingerprint density at radius 3 is 3.05 bits per heavy atom. The number of hydrogen-bond acceptors (Lipinski definition) is 4. The topological polar surface area (TPSA) is 48.5 Å². The zero-order valence-corrected chi connectivity index (χ0v) is 11.9. The summed E-state index contributed by atoms with van der Waals surface area (Å²) in [7, 11) is 5.78. The maximum absolute atomic E-state index is 12.4. The van der Waals surface area contributed by atoms with Gasteiger partial charge in [-0.2, -0.15) is 0 Å². The van der Waals surface area contributed by atoms with E-state index in [4.69, 9.17) is 0 Å². The van der Waals surface area contributed by atoms with Crippen LogP contribution in [0.25, 0.3) is 0 Å². The van der Waals surface area contributed by atoms with Gasteiger partial charge in [-0.15, -0.1) is 0 Å². The summed E-state index contributed by atoms with van der Waals surface area (Å²) >= 11 is 0. The van der Waals surface area contributed by atoms with E-state index in [1.165, 1.54) is 6.42 Å². The molecule has 1 atom stereocenters. The van der Waals surface area contributed by atoms with Crippen LogP contribution >= 0.6 is 0 Å². The van der Waals surface area contributed by atoms with E-state index in [1.807, 2.05) is 18.0 Å². The second-order valence-electron chi connectivity index (χ2n) is 5.25. The number of hydrogen-bond donors (Lipinski definition) is 1. The smallest absolute Gasteiger partial charge is 0.257 e. The molecular weight excluding hydrogens is 240 g/mol. The van der Waals surface area contributed by atoms with Crippen LogP contribution in [-0.2, 0) is 0 Å². The zero-order chi connectivity index (χ0) is 13.8. The molecule has 0 aliphatic carbocycles. The number of carbonyl (C=O) groups excluding carboxylic acids is 1. The Kier molecular flexibility index (Phi) is 4.37. The maximum atomic E-state index is 12.4. The van der Waals surface area contributed by atoms with Crippen molar-refractivity contribution in [3.05, 3.63) is 23.9 Å². The quantitative estimate of drug-likeness (QED) is 0.884. The van der Waals surface area contributed by atoms with Gasteiger partial charge in [0.25, 0.3) is 5.91 Å². The third-order valence-corrected chi connectivity index (χ3v) is 3.64. The maximum Gasteiger partial charge on any atom is 0.257 e. The van der Waals surface area contributed by atoms with Crippen LogP contribution < -0.4 is 5.32 Å². The largest absolute Gasteiger partial charge is 0.372 e. The van der Waals surface area contributed by atoms with E-state index in [1.54, 1.807) is 19.3 Å². The number of carbonyl (C=O) groups is 1. The van der Waals surface area contributed by atoms with Crippen LogP contribution in [0.3, 0.4) is 0 Å². The Bertz CT molecular complexity index is 449. The Morgan fingerprint density at radius 2 is 2.42 bits per heavy atom. The monoisotopic (exact) mass is 262 g/mol. The third-order valence-electron chi connectivity index (χ3n) is 3.64. The van der Waals surface area contributed by atoms with Gasteiger partial charge in [-0.3, -0.25) is 4.79 Å². The molecule has 1 amide bonds. The standard InChI is InChI=1S/C14H22N4O/c1-15-13-12(5-4-7-16-13)14(19)18(3)10-11-6-8-17(2)9-11/h4-5,7,11H,6,8-10H2,1-3H3,(H,15,16). The predicted octanol–water partition coefficient (Wildman–Crippen LogP) is 1.15. The van der Waals surface area contributed by atoms with Crippen LogP contribution in [0.5, 0.6) is 0 Å². The first-order chi connectivity index (χ1) is 9.11. The highest BCUT2D eigenvalue weighted by Gasteiger charge is 2.24. The summed E-state index contributed by atoms with van der Waals surface area (Å²) in [4.78, 5) is 20.7. The van der Waals surface area contributed by atoms with Gasteiger partial charge in [0.15, 0.2) is 0 Å². The second kappa shape index (κ2) is 6.02. The molecule has 1 N–H and O–H groups in total. The first-order valence-electron chi connectivity index (χ1n) is 6.68. The number of nitrogens with zero attached hydrogens (tertiary/aromatic N) is 3. The van der Waals surface area contributed by atoms with Gasteiger partial charge in [0.2, 0.25) is 0 Å². The molecule has 0 aromatic carbocycles. The molecule has 5 heteroatoms. The first kappa shape index (κ1) is 13.8. The number of anilines is 1. The van der Waals surface area contributed by atoms with Crippen molar-refractivity contribution >= 4 is 11.7 Å². The molecule has 1 aliphatic heterocycles. The summed E-state index contributed by atoms with van der Waals surface area (Å²) in [5.74, 6) is 1.25. The van der Waals surface area contributed by atoms with Crippen LogP contribution in [0.15, 0.2) is 18.3 Å². The Hall–Kier alpha value is -1.62. The lowest BCUT2D eigenvalue weighted by molar-refractivity contribution is 0.0774. The molecule has 1 aromatic heterocycles. The summed E-state index contributed by atoms with van der Waals surface area (Å²) in [6.45, 7) is 3.01. The van der Waals surface area contributed by atoms with E-state index in [0.29, 0.717) is 17.3 Å². The van der Waals surface area contributed by atoms with Gasteiger partial charge in [0.05, 0.1) is 5.56 Å². The molecular formula is C14H22N4O. The van der Waals surface area contributed by atoms with Crippen LogP contribution in [-0.4, -0.2) is 61.5 Å². The molecule has 5 nitrogen and oxygen atoms in total. The van der Waals surface area contributed by atoms with Crippen molar-refractivity contribution in [3.8, 4) is 0 Å². The molecule has 1 unspecified atom stereocenters. The van der Waals surface area contributed by atoms with Gasteiger partial charge in [-0.05, 0) is 38.1 Å². The van der Waals surface area contributed by atoms with Crippen molar-refractivity contribution in [1.82, 2.24) is 14.8 Å². The van der Waals surface area contributed by atoms with E-state index in [9.17, 15) is 4.79 Å². The fourth-order valence-electron chi connectivity index (χ4n) is 2.63. The normalized spacial score (nSPS) is 19.4.